The van der Waals surface area contributed by atoms with Gasteiger partial charge in [0.1, 0.15) is 10.7 Å². The summed E-state index contributed by atoms with van der Waals surface area (Å²) in [7, 11) is 8.51. The Labute approximate surface area is 116 Å². The monoisotopic (exact) mass is 285 g/mol. The van der Waals surface area contributed by atoms with E-state index >= 15 is 0 Å². The number of carbonyl (C=O) groups excluding carboxylic acids is 2. The minimum atomic E-state index is -0.293. The van der Waals surface area contributed by atoms with Crippen LogP contribution in [0.4, 0.5) is 10.9 Å². The normalized spacial score (nSPS) is 10.2. The van der Waals surface area contributed by atoms with Crippen molar-refractivity contribution in [3.63, 3.8) is 0 Å². The Balaban J connectivity index is 2.85. The highest BCUT2D eigenvalue weighted by molar-refractivity contribution is 7.18. The van der Waals surface area contributed by atoms with E-state index in [1.807, 2.05) is 14.1 Å². The predicted molar refractivity (Wildman–Crippen MR) is 76.5 cm³/mol. The van der Waals surface area contributed by atoms with E-state index in [1.54, 1.807) is 26.0 Å². The molecule has 0 saturated carbocycles. The molecule has 0 aliphatic carbocycles. The molecular formula is C11H19N5O2S. The number of carbonyl (C=O) groups is 2. The van der Waals surface area contributed by atoms with Crippen molar-refractivity contribution in [1.82, 2.24) is 14.8 Å². The predicted octanol–water partition coefficient (Wildman–Crippen LogP) is -0.0485. The minimum Gasteiger partial charge on any atom is -0.382 e. The first-order valence-corrected chi connectivity index (χ1v) is 6.45. The number of likely N-dealkylation sites (N-methyl/N-ethyl adjacent to an activating group) is 2. The number of thiazole rings is 1. The molecule has 19 heavy (non-hydrogen) atoms. The number of nitrogens with zero attached hydrogens (tertiary/aromatic N) is 4. The van der Waals surface area contributed by atoms with Gasteiger partial charge in [-0.1, -0.05) is 11.3 Å². The molecule has 2 amide bonds. The molecule has 0 fully saturated rings. The fourth-order valence-electron chi connectivity index (χ4n) is 1.25. The molecule has 0 radical (unpaired) electrons. The van der Waals surface area contributed by atoms with Crippen LogP contribution in [-0.2, 0) is 4.79 Å². The molecule has 0 aliphatic rings. The van der Waals surface area contributed by atoms with Gasteiger partial charge in [0.2, 0.25) is 5.91 Å². The van der Waals surface area contributed by atoms with Gasteiger partial charge in [0.25, 0.3) is 5.91 Å². The Morgan fingerprint density at radius 3 is 2.21 bits per heavy atom. The lowest BCUT2D eigenvalue weighted by molar-refractivity contribution is -0.129. The van der Waals surface area contributed by atoms with E-state index in [0.29, 0.717) is 10.0 Å². The summed E-state index contributed by atoms with van der Waals surface area (Å²) < 4.78 is 0. The number of hydrogen-bond acceptors (Lipinski definition) is 6. The van der Waals surface area contributed by atoms with Crippen LogP contribution in [0.15, 0.2) is 0 Å². The lowest BCUT2D eigenvalue weighted by Crippen LogP contribution is -2.37. The molecule has 1 rings (SSSR count). The SMILES string of the molecule is CN(C)C(=O)CN(C)C(=O)c1sc(N(C)C)nc1N. The van der Waals surface area contributed by atoms with E-state index in [4.69, 9.17) is 5.73 Å². The van der Waals surface area contributed by atoms with Gasteiger partial charge < -0.3 is 20.4 Å². The Morgan fingerprint density at radius 1 is 1.21 bits per heavy atom. The van der Waals surface area contributed by atoms with E-state index in [2.05, 4.69) is 4.98 Å². The highest BCUT2D eigenvalue weighted by Gasteiger charge is 2.22. The van der Waals surface area contributed by atoms with Gasteiger partial charge in [-0.3, -0.25) is 9.59 Å². The number of nitrogen functional groups attached to an aromatic ring is 1. The van der Waals surface area contributed by atoms with Crippen LogP contribution in [0, 0.1) is 0 Å². The van der Waals surface area contributed by atoms with Crippen LogP contribution >= 0.6 is 11.3 Å². The van der Waals surface area contributed by atoms with Crippen molar-refractivity contribution in [2.24, 2.45) is 0 Å². The summed E-state index contributed by atoms with van der Waals surface area (Å²) in [6.45, 7) is 0.0144. The molecule has 0 aromatic carbocycles. The number of amides is 2. The minimum absolute atomic E-state index is 0.0144. The van der Waals surface area contributed by atoms with Crippen LogP contribution in [0.25, 0.3) is 0 Å². The first-order chi connectivity index (χ1) is 8.73. The smallest absolute Gasteiger partial charge is 0.268 e. The zero-order valence-electron chi connectivity index (χ0n) is 11.8. The summed E-state index contributed by atoms with van der Waals surface area (Å²) >= 11 is 1.21. The van der Waals surface area contributed by atoms with E-state index in [0.717, 1.165) is 0 Å². The molecule has 0 aliphatic heterocycles. The van der Waals surface area contributed by atoms with Gasteiger partial charge in [0.05, 0.1) is 6.54 Å². The Kier molecular flexibility index (Phi) is 4.71. The molecule has 8 heteroatoms. The second kappa shape index (κ2) is 5.87. The number of rotatable bonds is 4. The maximum atomic E-state index is 12.2. The summed E-state index contributed by atoms with van der Waals surface area (Å²) in [4.78, 5) is 32.8. The van der Waals surface area contributed by atoms with E-state index in [-0.39, 0.29) is 24.2 Å². The fourth-order valence-corrected chi connectivity index (χ4v) is 2.16. The number of nitrogens with two attached hydrogens (primary N) is 1. The molecular weight excluding hydrogens is 266 g/mol. The lowest BCUT2D eigenvalue weighted by atomic mass is 10.4. The van der Waals surface area contributed by atoms with Crippen molar-refractivity contribution >= 4 is 34.1 Å². The number of anilines is 2. The third-order valence-corrected chi connectivity index (χ3v) is 3.66. The van der Waals surface area contributed by atoms with Gasteiger partial charge in [-0.2, -0.15) is 0 Å². The highest BCUT2D eigenvalue weighted by Crippen LogP contribution is 2.27. The highest BCUT2D eigenvalue weighted by atomic mass is 32.1. The molecule has 1 aromatic heterocycles. The molecule has 106 valence electrons. The molecule has 0 atom stereocenters. The van der Waals surface area contributed by atoms with Gasteiger partial charge in [0.15, 0.2) is 5.13 Å². The summed E-state index contributed by atoms with van der Waals surface area (Å²) in [5.74, 6) is -0.243. The second-order valence-electron chi connectivity index (χ2n) is 4.55. The van der Waals surface area contributed by atoms with E-state index in [1.165, 1.54) is 21.1 Å². The van der Waals surface area contributed by atoms with Gasteiger partial charge in [-0.05, 0) is 0 Å². The zero-order chi connectivity index (χ0) is 14.7. The molecule has 0 unspecified atom stereocenters. The molecule has 7 nitrogen and oxygen atoms in total. The van der Waals surface area contributed by atoms with Crippen molar-refractivity contribution in [2.75, 3.05) is 52.4 Å². The molecule has 0 bridgehead atoms. The summed E-state index contributed by atoms with van der Waals surface area (Å²) in [5.41, 5.74) is 5.74. The standard InChI is InChI=1S/C11H19N5O2S/c1-14(2)7(17)6-16(5)10(18)8-9(12)13-11(19-8)15(3)4/h6,12H2,1-5H3. The van der Waals surface area contributed by atoms with Crippen LogP contribution in [-0.4, -0.2) is 68.4 Å². The largest absolute Gasteiger partial charge is 0.382 e. The fraction of sp³-hybridized carbons (Fsp3) is 0.545. The van der Waals surface area contributed by atoms with Gasteiger partial charge >= 0.3 is 0 Å². The third-order valence-electron chi connectivity index (χ3n) is 2.44. The molecule has 2 N–H and O–H groups in total. The van der Waals surface area contributed by atoms with Crippen molar-refractivity contribution in [2.45, 2.75) is 0 Å². The second-order valence-corrected chi connectivity index (χ2v) is 5.53. The van der Waals surface area contributed by atoms with Crippen LogP contribution < -0.4 is 10.6 Å². The lowest BCUT2D eigenvalue weighted by Gasteiger charge is -2.18. The Hall–Kier alpha value is -1.83. The first-order valence-electron chi connectivity index (χ1n) is 5.63. The maximum Gasteiger partial charge on any atom is 0.268 e. The van der Waals surface area contributed by atoms with Gasteiger partial charge in [-0.25, -0.2) is 4.98 Å². The van der Waals surface area contributed by atoms with E-state index < -0.39 is 0 Å². The Bertz CT molecular complexity index is 483. The van der Waals surface area contributed by atoms with Crippen molar-refractivity contribution < 1.29 is 9.59 Å². The molecule has 0 spiro atoms. The zero-order valence-corrected chi connectivity index (χ0v) is 12.6. The number of hydrogen-bond donors (Lipinski definition) is 1. The van der Waals surface area contributed by atoms with Crippen LogP contribution in [0.1, 0.15) is 9.67 Å². The summed E-state index contributed by atoms with van der Waals surface area (Å²) in [6, 6.07) is 0. The number of aromatic nitrogens is 1. The van der Waals surface area contributed by atoms with Crippen LogP contribution in [0.3, 0.4) is 0 Å². The van der Waals surface area contributed by atoms with Crippen LogP contribution in [0.5, 0.6) is 0 Å². The van der Waals surface area contributed by atoms with Crippen molar-refractivity contribution in [3.8, 4) is 0 Å². The Morgan fingerprint density at radius 2 is 1.79 bits per heavy atom. The topological polar surface area (TPSA) is 82.8 Å². The van der Waals surface area contributed by atoms with Gasteiger partial charge in [-0.15, -0.1) is 0 Å². The molecule has 1 heterocycles. The van der Waals surface area contributed by atoms with Crippen molar-refractivity contribution in [1.29, 1.82) is 0 Å². The van der Waals surface area contributed by atoms with Crippen LogP contribution in [0.2, 0.25) is 0 Å². The average Bonchev–Trinajstić information content (AvgIpc) is 2.70. The first kappa shape index (κ1) is 15.2. The van der Waals surface area contributed by atoms with Crippen molar-refractivity contribution in [3.05, 3.63) is 4.88 Å². The van der Waals surface area contributed by atoms with E-state index in [9.17, 15) is 9.59 Å². The average molecular weight is 285 g/mol. The quantitative estimate of drug-likeness (QED) is 0.839. The molecule has 0 saturated heterocycles. The molecule has 1 aromatic rings. The van der Waals surface area contributed by atoms with Gasteiger partial charge in [0, 0.05) is 35.2 Å². The summed E-state index contributed by atoms with van der Waals surface area (Å²) in [6.07, 6.45) is 0. The maximum absolute atomic E-state index is 12.2. The summed E-state index contributed by atoms with van der Waals surface area (Å²) in [5, 5.41) is 0.660. The third kappa shape index (κ3) is 3.57.